The molecule has 0 saturated carbocycles. The van der Waals surface area contributed by atoms with Gasteiger partial charge in [-0.15, -0.1) is 0 Å². The number of carbonyl (C=O) groups excluding carboxylic acids is 1. The number of piperazine rings is 1. The highest BCUT2D eigenvalue weighted by atomic mass is 32.2. The molecule has 1 aromatic carbocycles. The van der Waals surface area contributed by atoms with Crippen molar-refractivity contribution in [3.8, 4) is 0 Å². The van der Waals surface area contributed by atoms with Gasteiger partial charge in [0, 0.05) is 32.4 Å². The zero-order chi connectivity index (χ0) is 21.9. The number of benzene rings is 1. The molecule has 1 fully saturated rings. The van der Waals surface area contributed by atoms with Gasteiger partial charge in [-0.05, 0) is 36.4 Å². The summed E-state index contributed by atoms with van der Waals surface area (Å²) in [6, 6.07) is 6.62. The van der Waals surface area contributed by atoms with Gasteiger partial charge in [-0.1, -0.05) is 11.8 Å². The van der Waals surface area contributed by atoms with E-state index in [2.05, 4.69) is 4.98 Å². The van der Waals surface area contributed by atoms with Gasteiger partial charge in [0.1, 0.15) is 5.82 Å². The lowest BCUT2D eigenvalue weighted by atomic mass is 10.3. The molecule has 2 heterocycles. The molecule has 162 valence electrons. The molecule has 1 saturated heterocycles. The largest absolute Gasteiger partial charge is 0.417 e. The summed E-state index contributed by atoms with van der Waals surface area (Å²) >= 11 is 1.01. The Balaban J connectivity index is 1.52. The van der Waals surface area contributed by atoms with Crippen LogP contribution in [0.1, 0.15) is 5.56 Å². The normalized spacial score (nSPS) is 15.9. The Labute approximate surface area is 174 Å². The van der Waals surface area contributed by atoms with Crippen LogP contribution in [0.4, 0.5) is 17.6 Å². The first-order chi connectivity index (χ1) is 14.1. The number of hydrogen-bond donors (Lipinski definition) is 0. The maximum Gasteiger partial charge on any atom is 0.417 e. The second kappa shape index (κ2) is 8.90. The van der Waals surface area contributed by atoms with Crippen LogP contribution in [0.15, 0.2) is 52.5 Å². The van der Waals surface area contributed by atoms with Gasteiger partial charge in [0.25, 0.3) is 0 Å². The fourth-order valence-corrected chi connectivity index (χ4v) is 4.96. The third-order valence-electron chi connectivity index (χ3n) is 4.45. The van der Waals surface area contributed by atoms with Crippen LogP contribution < -0.4 is 0 Å². The number of nitrogens with zero attached hydrogens (tertiary/aromatic N) is 3. The molecule has 0 unspecified atom stereocenters. The van der Waals surface area contributed by atoms with Crippen molar-refractivity contribution in [3.05, 3.63) is 54.0 Å². The molecule has 2 aromatic rings. The quantitative estimate of drug-likeness (QED) is 0.504. The van der Waals surface area contributed by atoms with E-state index in [1.54, 1.807) is 0 Å². The SMILES string of the molecule is O=C(CSc1ccc(C(F)(F)F)cn1)N1CCN(S(=O)(=O)c2ccc(F)cc2)CC1. The van der Waals surface area contributed by atoms with E-state index >= 15 is 0 Å². The topological polar surface area (TPSA) is 70.6 Å². The predicted molar refractivity (Wildman–Crippen MR) is 102 cm³/mol. The number of aromatic nitrogens is 1. The number of rotatable bonds is 5. The van der Waals surface area contributed by atoms with Crippen LogP contribution in [0.2, 0.25) is 0 Å². The van der Waals surface area contributed by atoms with E-state index in [1.165, 1.54) is 27.4 Å². The van der Waals surface area contributed by atoms with Gasteiger partial charge in [-0.3, -0.25) is 4.79 Å². The molecule has 1 aliphatic rings. The summed E-state index contributed by atoms with van der Waals surface area (Å²) < 4.78 is 77.1. The van der Waals surface area contributed by atoms with E-state index in [0.29, 0.717) is 6.20 Å². The van der Waals surface area contributed by atoms with Crippen LogP contribution in [0.25, 0.3) is 0 Å². The van der Waals surface area contributed by atoms with Gasteiger partial charge in [0.2, 0.25) is 15.9 Å². The molecule has 3 rings (SSSR count). The maximum absolute atomic E-state index is 13.0. The van der Waals surface area contributed by atoms with E-state index in [4.69, 9.17) is 0 Å². The Hall–Kier alpha value is -2.18. The van der Waals surface area contributed by atoms with Gasteiger partial charge >= 0.3 is 6.18 Å². The Bertz CT molecular complexity index is 989. The Kier molecular flexibility index (Phi) is 6.68. The van der Waals surface area contributed by atoms with Crippen molar-refractivity contribution in [1.29, 1.82) is 0 Å². The van der Waals surface area contributed by atoms with Gasteiger partial charge in [0.15, 0.2) is 0 Å². The molecular formula is C18H17F4N3O3S2. The first-order valence-corrected chi connectivity index (χ1v) is 11.2. The fraction of sp³-hybridized carbons (Fsp3) is 0.333. The standard InChI is InChI=1S/C18H17F4N3O3S2/c19-14-2-4-15(5-3-14)30(27,28)25-9-7-24(8-10-25)17(26)12-29-16-6-1-13(11-23-16)18(20,21)22/h1-6,11H,7-10,12H2. The van der Waals surface area contributed by atoms with Crippen LogP contribution in [0.5, 0.6) is 0 Å². The number of amides is 1. The maximum atomic E-state index is 13.0. The molecule has 0 spiro atoms. The summed E-state index contributed by atoms with van der Waals surface area (Å²) in [6.45, 7) is 0.545. The number of sulfonamides is 1. The summed E-state index contributed by atoms with van der Waals surface area (Å²) in [7, 11) is -3.78. The number of halogens is 4. The summed E-state index contributed by atoms with van der Waals surface area (Å²) in [5.41, 5.74) is -0.864. The molecule has 0 atom stereocenters. The molecule has 12 heteroatoms. The summed E-state index contributed by atoms with van der Waals surface area (Å²) in [4.78, 5) is 17.5. The molecular weight excluding hydrogens is 446 g/mol. The minimum absolute atomic E-state index is 0.0207. The van der Waals surface area contributed by atoms with Crippen LogP contribution in [0.3, 0.4) is 0 Å². The number of alkyl halides is 3. The first-order valence-electron chi connectivity index (χ1n) is 8.77. The monoisotopic (exact) mass is 463 g/mol. The van der Waals surface area contributed by atoms with E-state index in [1.807, 2.05) is 0 Å². The molecule has 1 aromatic heterocycles. The zero-order valence-corrected chi connectivity index (χ0v) is 17.1. The minimum atomic E-state index is -4.47. The fourth-order valence-electron chi connectivity index (χ4n) is 2.79. The molecule has 6 nitrogen and oxygen atoms in total. The number of thioether (sulfide) groups is 1. The highest BCUT2D eigenvalue weighted by Crippen LogP contribution is 2.29. The number of hydrogen-bond acceptors (Lipinski definition) is 5. The Morgan fingerprint density at radius 3 is 2.20 bits per heavy atom. The van der Waals surface area contributed by atoms with Crippen LogP contribution >= 0.6 is 11.8 Å². The first kappa shape index (κ1) is 22.5. The van der Waals surface area contributed by atoms with Crippen molar-refractivity contribution in [2.24, 2.45) is 0 Å². The van der Waals surface area contributed by atoms with Crippen LogP contribution in [-0.2, 0) is 21.0 Å². The molecule has 30 heavy (non-hydrogen) atoms. The lowest BCUT2D eigenvalue weighted by Crippen LogP contribution is -2.50. The van der Waals surface area contributed by atoms with Crippen LogP contribution in [0, 0.1) is 5.82 Å². The van der Waals surface area contributed by atoms with Gasteiger partial charge in [-0.25, -0.2) is 17.8 Å². The number of carbonyl (C=O) groups is 1. The average Bonchev–Trinajstić information content (AvgIpc) is 2.72. The summed E-state index contributed by atoms with van der Waals surface area (Å²) in [5.74, 6) is -0.826. The van der Waals surface area contributed by atoms with Gasteiger partial charge < -0.3 is 4.90 Å². The highest BCUT2D eigenvalue weighted by molar-refractivity contribution is 7.99. The van der Waals surface area contributed by atoms with Crippen molar-refractivity contribution in [2.75, 3.05) is 31.9 Å². The highest BCUT2D eigenvalue weighted by Gasteiger charge is 2.31. The minimum Gasteiger partial charge on any atom is -0.339 e. The number of pyridine rings is 1. The van der Waals surface area contributed by atoms with E-state index < -0.39 is 27.6 Å². The third-order valence-corrected chi connectivity index (χ3v) is 7.29. The van der Waals surface area contributed by atoms with Crippen molar-refractivity contribution in [1.82, 2.24) is 14.2 Å². The molecule has 1 aliphatic heterocycles. The van der Waals surface area contributed by atoms with E-state index in [0.717, 1.165) is 30.0 Å². The summed E-state index contributed by atoms with van der Waals surface area (Å²) in [5, 5.41) is 0.286. The second-order valence-electron chi connectivity index (χ2n) is 6.41. The zero-order valence-electron chi connectivity index (χ0n) is 15.5. The average molecular weight is 463 g/mol. The lowest BCUT2D eigenvalue weighted by molar-refractivity contribution is -0.138. The van der Waals surface area contributed by atoms with Crippen molar-refractivity contribution in [2.45, 2.75) is 16.1 Å². The lowest BCUT2D eigenvalue weighted by Gasteiger charge is -2.34. The smallest absolute Gasteiger partial charge is 0.339 e. The van der Waals surface area contributed by atoms with Gasteiger partial charge in [-0.2, -0.15) is 17.5 Å². The molecule has 0 bridgehead atoms. The third kappa shape index (κ3) is 5.29. The summed E-state index contributed by atoms with van der Waals surface area (Å²) in [6.07, 6.45) is -3.76. The molecule has 0 radical (unpaired) electrons. The molecule has 1 amide bonds. The second-order valence-corrected chi connectivity index (χ2v) is 9.34. The van der Waals surface area contributed by atoms with Crippen molar-refractivity contribution >= 4 is 27.7 Å². The van der Waals surface area contributed by atoms with Gasteiger partial charge in [0.05, 0.1) is 21.2 Å². The Morgan fingerprint density at radius 1 is 1.03 bits per heavy atom. The Morgan fingerprint density at radius 2 is 1.67 bits per heavy atom. The van der Waals surface area contributed by atoms with E-state index in [-0.39, 0.29) is 47.8 Å². The van der Waals surface area contributed by atoms with Crippen LogP contribution in [-0.4, -0.2) is 60.4 Å². The predicted octanol–water partition coefficient (Wildman–Crippen LogP) is 2.86. The van der Waals surface area contributed by atoms with Crippen molar-refractivity contribution in [3.63, 3.8) is 0 Å². The molecule has 0 aliphatic carbocycles. The van der Waals surface area contributed by atoms with E-state index in [9.17, 15) is 30.8 Å². The van der Waals surface area contributed by atoms with Crippen molar-refractivity contribution < 1.29 is 30.8 Å². The molecule has 0 N–H and O–H groups in total.